The fourth-order valence-electron chi connectivity index (χ4n) is 1.68. The fraction of sp³-hybridized carbons (Fsp3) is 0.364. The fourth-order valence-corrected chi connectivity index (χ4v) is 1.68. The molecule has 0 aliphatic carbocycles. The molecule has 1 aliphatic heterocycles. The molecule has 1 saturated heterocycles. The van der Waals surface area contributed by atoms with Crippen molar-refractivity contribution in [2.24, 2.45) is 0 Å². The highest BCUT2D eigenvalue weighted by atomic mass is 16.5. The quantitative estimate of drug-likeness (QED) is 0.784. The number of imidazole rings is 1. The van der Waals surface area contributed by atoms with Gasteiger partial charge in [-0.05, 0) is 12.1 Å². The molecule has 15 heavy (non-hydrogen) atoms. The lowest BCUT2D eigenvalue weighted by atomic mass is 10.2. The normalized spacial score (nSPS) is 16.8. The molecule has 0 radical (unpaired) electrons. The zero-order chi connectivity index (χ0) is 10.1. The highest BCUT2D eigenvalue weighted by molar-refractivity contribution is 5.74. The van der Waals surface area contributed by atoms with Gasteiger partial charge in [-0.15, -0.1) is 0 Å². The summed E-state index contributed by atoms with van der Waals surface area (Å²) < 4.78 is 5.09. The van der Waals surface area contributed by atoms with Crippen molar-refractivity contribution in [3.05, 3.63) is 30.1 Å². The maximum absolute atomic E-state index is 5.09. The van der Waals surface area contributed by atoms with Crippen LogP contribution in [0.3, 0.4) is 0 Å². The minimum absolute atomic E-state index is 0.498. The van der Waals surface area contributed by atoms with Crippen molar-refractivity contribution in [1.82, 2.24) is 15.3 Å². The molecule has 78 valence electrons. The number of nitrogens with zero attached hydrogens (tertiary/aromatic N) is 1. The third kappa shape index (κ3) is 1.73. The highest BCUT2D eigenvalue weighted by Crippen LogP contribution is 2.10. The molecule has 0 unspecified atom stereocenters. The van der Waals surface area contributed by atoms with Gasteiger partial charge in [-0.2, -0.15) is 0 Å². The lowest BCUT2D eigenvalue weighted by Crippen LogP contribution is -2.45. The molecule has 4 heteroatoms. The molecule has 2 aromatic rings. The van der Waals surface area contributed by atoms with E-state index >= 15 is 0 Å². The number of ether oxygens (including phenoxy) is 1. The van der Waals surface area contributed by atoms with Crippen molar-refractivity contribution in [3.63, 3.8) is 0 Å². The van der Waals surface area contributed by atoms with Crippen LogP contribution in [0.1, 0.15) is 5.82 Å². The van der Waals surface area contributed by atoms with E-state index < -0.39 is 0 Å². The minimum atomic E-state index is 0.498. The van der Waals surface area contributed by atoms with Gasteiger partial charge in [0.1, 0.15) is 5.82 Å². The van der Waals surface area contributed by atoms with Crippen molar-refractivity contribution < 1.29 is 4.74 Å². The first-order chi connectivity index (χ1) is 7.42. The van der Waals surface area contributed by atoms with Crippen LogP contribution in [0, 0.1) is 0 Å². The second-order valence-electron chi connectivity index (χ2n) is 3.82. The van der Waals surface area contributed by atoms with E-state index in [9.17, 15) is 0 Å². The molecule has 0 bridgehead atoms. The molecule has 1 aliphatic rings. The van der Waals surface area contributed by atoms with Crippen LogP contribution in [0.4, 0.5) is 0 Å². The summed E-state index contributed by atoms with van der Waals surface area (Å²) in [7, 11) is 0. The minimum Gasteiger partial charge on any atom is -0.378 e. The SMILES string of the molecule is c1ccc2[nH]c(CNC3COC3)nc2c1. The van der Waals surface area contributed by atoms with Crippen LogP contribution < -0.4 is 5.32 Å². The number of nitrogens with one attached hydrogen (secondary N) is 2. The first-order valence-corrected chi connectivity index (χ1v) is 5.16. The summed E-state index contributed by atoms with van der Waals surface area (Å²) in [6.07, 6.45) is 0. The number of fused-ring (bicyclic) bond motifs is 1. The van der Waals surface area contributed by atoms with E-state index in [0.29, 0.717) is 6.04 Å². The molecule has 2 heterocycles. The Morgan fingerprint density at radius 2 is 2.27 bits per heavy atom. The number of aromatic amines is 1. The molecule has 1 aromatic heterocycles. The number of hydrogen-bond donors (Lipinski definition) is 2. The Bertz CT molecular complexity index is 429. The standard InChI is InChI=1S/C11H13N3O/c1-2-4-10-9(3-1)13-11(14-10)5-12-8-6-15-7-8/h1-4,8,12H,5-7H2,(H,13,14). The Morgan fingerprint density at radius 3 is 3.00 bits per heavy atom. The third-order valence-electron chi connectivity index (χ3n) is 2.63. The smallest absolute Gasteiger partial charge is 0.121 e. The summed E-state index contributed by atoms with van der Waals surface area (Å²) >= 11 is 0. The van der Waals surface area contributed by atoms with E-state index in [0.717, 1.165) is 36.6 Å². The predicted octanol–water partition coefficient (Wildman–Crippen LogP) is 1.05. The summed E-state index contributed by atoms with van der Waals surface area (Å²) in [6.45, 7) is 2.42. The Hall–Kier alpha value is -1.39. The molecule has 2 N–H and O–H groups in total. The Labute approximate surface area is 87.7 Å². The van der Waals surface area contributed by atoms with Gasteiger partial charge in [0.15, 0.2) is 0 Å². The van der Waals surface area contributed by atoms with E-state index in [1.54, 1.807) is 0 Å². The van der Waals surface area contributed by atoms with E-state index in [1.165, 1.54) is 0 Å². The molecule has 1 fully saturated rings. The van der Waals surface area contributed by atoms with Gasteiger partial charge in [0.05, 0.1) is 36.8 Å². The van der Waals surface area contributed by atoms with Crippen molar-refractivity contribution in [1.29, 1.82) is 0 Å². The molecule has 0 atom stereocenters. The molecular weight excluding hydrogens is 190 g/mol. The Kier molecular flexibility index (Phi) is 2.16. The first-order valence-electron chi connectivity index (χ1n) is 5.16. The number of hydrogen-bond acceptors (Lipinski definition) is 3. The average molecular weight is 203 g/mol. The largest absolute Gasteiger partial charge is 0.378 e. The topological polar surface area (TPSA) is 49.9 Å². The van der Waals surface area contributed by atoms with Crippen LogP contribution in [0.2, 0.25) is 0 Å². The molecular formula is C11H13N3O. The number of rotatable bonds is 3. The van der Waals surface area contributed by atoms with Crippen molar-refractivity contribution in [2.45, 2.75) is 12.6 Å². The summed E-state index contributed by atoms with van der Waals surface area (Å²) in [5.74, 6) is 0.989. The summed E-state index contributed by atoms with van der Waals surface area (Å²) in [5.41, 5.74) is 2.12. The molecule has 0 spiro atoms. The first kappa shape index (κ1) is 8.88. The Balaban J connectivity index is 1.73. The highest BCUT2D eigenvalue weighted by Gasteiger charge is 2.17. The van der Waals surface area contributed by atoms with Gasteiger partial charge in [0.25, 0.3) is 0 Å². The zero-order valence-corrected chi connectivity index (χ0v) is 8.36. The predicted molar refractivity (Wildman–Crippen MR) is 57.5 cm³/mol. The van der Waals surface area contributed by atoms with Gasteiger partial charge in [-0.3, -0.25) is 0 Å². The molecule has 0 saturated carbocycles. The van der Waals surface area contributed by atoms with Crippen LogP contribution in [0.5, 0.6) is 0 Å². The van der Waals surface area contributed by atoms with Gasteiger partial charge in [-0.1, -0.05) is 12.1 Å². The molecule has 3 rings (SSSR count). The summed E-state index contributed by atoms with van der Waals surface area (Å²) in [5, 5.41) is 3.38. The maximum atomic E-state index is 5.09. The van der Waals surface area contributed by atoms with Crippen molar-refractivity contribution in [3.8, 4) is 0 Å². The number of H-pyrrole nitrogens is 1. The third-order valence-corrected chi connectivity index (χ3v) is 2.63. The van der Waals surface area contributed by atoms with Gasteiger partial charge in [-0.25, -0.2) is 4.98 Å². The average Bonchev–Trinajstić information content (AvgIpc) is 2.57. The second-order valence-corrected chi connectivity index (χ2v) is 3.82. The van der Waals surface area contributed by atoms with Crippen LogP contribution >= 0.6 is 0 Å². The Morgan fingerprint density at radius 1 is 1.40 bits per heavy atom. The van der Waals surface area contributed by atoms with Crippen LogP contribution in [0.15, 0.2) is 24.3 Å². The monoisotopic (exact) mass is 203 g/mol. The molecule has 4 nitrogen and oxygen atoms in total. The van der Waals surface area contributed by atoms with Gasteiger partial charge in [0, 0.05) is 0 Å². The number of para-hydroxylation sites is 2. The van der Waals surface area contributed by atoms with E-state index in [-0.39, 0.29) is 0 Å². The number of aromatic nitrogens is 2. The number of benzene rings is 1. The maximum Gasteiger partial charge on any atom is 0.121 e. The van der Waals surface area contributed by atoms with E-state index in [2.05, 4.69) is 15.3 Å². The van der Waals surface area contributed by atoms with Crippen LogP contribution in [0.25, 0.3) is 11.0 Å². The molecule has 1 aromatic carbocycles. The van der Waals surface area contributed by atoms with Crippen LogP contribution in [-0.2, 0) is 11.3 Å². The second kappa shape index (κ2) is 3.64. The van der Waals surface area contributed by atoms with E-state index in [1.807, 2.05) is 24.3 Å². The summed E-state index contributed by atoms with van der Waals surface area (Å²) in [6, 6.07) is 8.57. The lowest BCUT2D eigenvalue weighted by Gasteiger charge is -2.26. The summed E-state index contributed by atoms with van der Waals surface area (Å²) in [4.78, 5) is 7.77. The van der Waals surface area contributed by atoms with Gasteiger partial charge >= 0.3 is 0 Å². The van der Waals surface area contributed by atoms with Gasteiger partial charge < -0.3 is 15.0 Å². The van der Waals surface area contributed by atoms with Gasteiger partial charge in [0.2, 0.25) is 0 Å². The van der Waals surface area contributed by atoms with Crippen molar-refractivity contribution >= 4 is 11.0 Å². The molecule has 0 amide bonds. The van der Waals surface area contributed by atoms with Crippen molar-refractivity contribution in [2.75, 3.05) is 13.2 Å². The van der Waals surface area contributed by atoms with Crippen LogP contribution in [-0.4, -0.2) is 29.2 Å². The zero-order valence-electron chi connectivity index (χ0n) is 8.36. The van der Waals surface area contributed by atoms with E-state index in [4.69, 9.17) is 4.74 Å². The lowest BCUT2D eigenvalue weighted by molar-refractivity contribution is -0.00601.